The molecule has 0 saturated heterocycles. The summed E-state index contributed by atoms with van der Waals surface area (Å²) in [5.74, 6) is 0. The van der Waals surface area contributed by atoms with E-state index < -0.39 is 10.0 Å². The summed E-state index contributed by atoms with van der Waals surface area (Å²) in [4.78, 5) is 0.148. The molecule has 0 aromatic carbocycles. The van der Waals surface area contributed by atoms with E-state index in [0.717, 1.165) is 12.8 Å². The number of hydrogen-bond donors (Lipinski definition) is 2. The highest BCUT2D eigenvalue weighted by Gasteiger charge is 2.15. The van der Waals surface area contributed by atoms with Crippen molar-refractivity contribution in [1.82, 2.24) is 14.5 Å². The van der Waals surface area contributed by atoms with Crippen molar-refractivity contribution in [2.45, 2.75) is 31.2 Å². The minimum absolute atomic E-state index is 0.148. The molecule has 0 atom stereocenters. The van der Waals surface area contributed by atoms with Gasteiger partial charge in [0.15, 0.2) is 0 Å². The fraction of sp³-hybridized carbons (Fsp3) is 0.727. The lowest BCUT2D eigenvalue weighted by atomic mass is 10.4. The zero-order valence-corrected chi connectivity index (χ0v) is 12.0. The van der Waals surface area contributed by atoms with Crippen molar-refractivity contribution in [2.75, 3.05) is 26.3 Å². The van der Waals surface area contributed by atoms with Crippen molar-refractivity contribution >= 4 is 10.0 Å². The molecule has 1 rings (SSSR count). The Kier molecular flexibility index (Phi) is 7.00. The molecule has 0 radical (unpaired) electrons. The first-order valence-corrected chi connectivity index (χ1v) is 7.88. The largest absolute Gasteiger partial charge is 0.380 e. The second-order valence-electron chi connectivity index (χ2n) is 4.09. The summed E-state index contributed by atoms with van der Waals surface area (Å²) >= 11 is 0. The molecule has 1 aromatic heterocycles. The van der Waals surface area contributed by atoms with Crippen molar-refractivity contribution in [3.05, 3.63) is 12.4 Å². The van der Waals surface area contributed by atoms with Crippen molar-refractivity contribution in [3.63, 3.8) is 0 Å². The fourth-order valence-corrected chi connectivity index (χ4v) is 2.38. The molecule has 7 nitrogen and oxygen atoms in total. The van der Waals surface area contributed by atoms with Crippen LogP contribution in [0.1, 0.15) is 19.8 Å². The van der Waals surface area contributed by atoms with Crippen molar-refractivity contribution in [2.24, 2.45) is 5.73 Å². The maximum atomic E-state index is 11.9. The molecule has 1 heterocycles. The highest BCUT2D eigenvalue weighted by atomic mass is 32.2. The van der Waals surface area contributed by atoms with E-state index >= 15 is 0 Å². The average Bonchev–Trinajstić information content (AvgIpc) is 2.83. The van der Waals surface area contributed by atoms with E-state index in [1.165, 1.54) is 17.1 Å². The molecule has 0 saturated carbocycles. The Morgan fingerprint density at radius 1 is 1.47 bits per heavy atom. The number of nitrogens with two attached hydrogens (primary N) is 1. The number of hydrogen-bond acceptors (Lipinski definition) is 5. The van der Waals surface area contributed by atoms with Gasteiger partial charge in [-0.2, -0.15) is 5.10 Å². The zero-order valence-electron chi connectivity index (χ0n) is 11.2. The van der Waals surface area contributed by atoms with Gasteiger partial charge < -0.3 is 10.5 Å². The van der Waals surface area contributed by atoms with Crippen LogP contribution in [0.3, 0.4) is 0 Å². The highest BCUT2D eigenvalue weighted by molar-refractivity contribution is 7.89. The van der Waals surface area contributed by atoms with Gasteiger partial charge in [-0.25, -0.2) is 13.1 Å². The molecule has 8 heteroatoms. The normalized spacial score (nSPS) is 11.9. The Bertz CT molecular complexity index is 458. The lowest BCUT2D eigenvalue weighted by Gasteiger charge is -2.05. The Labute approximate surface area is 114 Å². The smallest absolute Gasteiger partial charge is 0.243 e. The van der Waals surface area contributed by atoms with Gasteiger partial charge in [0, 0.05) is 25.9 Å². The highest BCUT2D eigenvalue weighted by Crippen LogP contribution is 2.06. The Morgan fingerprint density at radius 2 is 2.26 bits per heavy atom. The molecule has 0 fully saturated rings. The van der Waals surface area contributed by atoms with Crippen LogP contribution in [0.5, 0.6) is 0 Å². The molecule has 0 spiro atoms. The third-order valence-corrected chi connectivity index (χ3v) is 3.87. The Morgan fingerprint density at radius 3 is 2.95 bits per heavy atom. The molecule has 0 aliphatic carbocycles. The molecular weight excluding hydrogens is 268 g/mol. The van der Waals surface area contributed by atoms with Crippen LogP contribution in [0.2, 0.25) is 0 Å². The predicted octanol–water partition coefficient (Wildman–Crippen LogP) is -0.0632. The standard InChI is InChI=1S/C11H22N4O3S/c1-2-3-7-18-8-5-14-19(16,17)11-9-13-15(10-11)6-4-12/h9-10,14H,2-8,12H2,1H3. The fourth-order valence-electron chi connectivity index (χ4n) is 1.42. The molecule has 0 aliphatic rings. The van der Waals surface area contributed by atoms with Gasteiger partial charge >= 0.3 is 0 Å². The van der Waals surface area contributed by atoms with Crippen LogP contribution >= 0.6 is 0 Å². The van der Waals surface area contributed by atoms with Gasteiger partial charge in [-0.05, 0) is 6.42 Å². The van der Waals surface area contributed by atoms with E-state index in [4.69, 9.17) is 10.5 Å². The van der Waals surface area contributed by atoms with Gasteiger partial charge in [0.05, 0.1) is 19.3 Å². The van der Waals surface area contributed by atoms with E-state index in [1.54, 1.807) is 0 Å². The van der Waals surface area contributed by atoms with Crippen molar-refractivity contribution in [3.8, 4) is 0 Å². The number of unbranched alkanes of at least 4 members (excludes halogenated alkanes) is 1. The molecule has 3 N–H and O–H groups in total. The number of rotatable bonds is 10. The van der Waals surface area contributed by atoms with Crippen LogP contribution < -0.4 is 10.5 Å². The summed E-state index contributed by atoms with van der Waals surface area (Å²) in [6.45, 7) is 4.28. The van der Waals surface area contributed by atoms with Crippen LogP contribution in [0.25, 0.3) is 0 Å². The van der Waals surface area contributed by atoms with Gasteiger partial charge in [0.1, 0.15) is 4.90 Å². The van der Waals surface area contributed by atoms with Crippen LogP contribution in [0, 0.1) is 0 Å². The molecule has 110 valence electrons. The third-order valence-electron chi connectivity index (χ3n) is 2.46. The van der Waals surface area contributed by atoms with Crippen LogP contribution in [0.4, 0.5) is 0 Å². The molecule has 0 aliphatic heterocycles. The topological polar surface area (TPSA) is 99.2 Å². The number of aromatic nitrogens is 2. The summed E-state index contributed by atoms with van der Waals surface area (Å²) in [5.41, 5.74) is 5.37. The summed E-state index contributed by atoms with van der Waals surface area (Å²) in [6.07, 6.45) is 4.83. The molecule has 1 aromatic rings. The summed E-state index contributed by atoms with van der Waals surface area (Å²) in [5, 5.41) is 3.93. The summed E-state index contributed by atoms with van der Waals surface area (Å²) < 4.78 is 33.0. The third kappa shape index (κ3) is 5.68. The van der Waals surface area contributed by atoms with E-state index in [9.17, 15) is 8.42 Å². The number of nitrogens with zero attached hydrogens (tertiary/aromatic N) is 2. The number of sulfonamides is 1. The SMILES string of the molecule is CCCCOCCNS(=O)(=O)c1cnn(CCN)c1. The predicted molar refractivity (Wildman–Crippen MR) is 72.2 cm³/mol. The van der Waals surface area contributed by atoms with Gasteiger partial charge in [0.2, 0.25) is 10.0 Å². The molecule has 0 amide bonds. The first-order chi connectivity index (χ1) is 9.10. The summed E-state index contributed by atoms with van der Waals surface area (Å²) in [7, 11) is -3.50. The van der Waals surface area contributed by atoms with E-state index in [0.29, 0.717) is 26.3 Å². The van der Waals surface area contributed by atoms with Gasteiger partial charge in [-0.3, -0.25) is 4.68 Å². The van der Waals surface area contributed by atoms with Crippen LogP contribution in [0.15, 0.2) is 17.3 Å². The minimum Gasteiger partial charge on any atom is -0.380 e. The van der Waals surface area contributed by atoms with Crippen LogP contribution in [-0.2, 0) is 21.3 Å². The molecule has 19 heavy (non-hydrogen) atoms. The van der Waals surface area contributed by atoms with Crippen molar-refractivity contribution < 1.29 is 13.2 Å². The first kappa shape index (κ1) is 16.1. The lowest BCUT2D eigenvalue weighted by molar-refractivity contribution is 0.136. The Hall–Kier alpha value is -0.960. The van der Waals surface area contributed by atoms with Crippen LogP contribution in [-0.4, -0.2) is 44.5 Å². The maximum absolute atomic E-state index is 11.9. The van der Waals surface area contributed by atoms with Crippen molar-refractivity contribution in [1.29, 1.82) is 0 Å². The lowest BCUT2D eigenvalue weighted by Crippen LogP contribution is -2.27. The quantitative estimate of drug-likeness (QED) is 0.588. The number of ether oxygens (including phenoxy) is 1. The monoisotopic (exact) mass is 290 g/mol. The molecular formula is C11H22N4O3S. The summed E-state index contributed by atoms with van der Waals surface area (Å²) in [6, 6.07) is 0. The maximum Gasteiger partial charge on any atom is 0.243 e. The molecule has 0 unspecified atom stereocenters. The average molecular weight is 290 g/mol. The number of nitrogens with one attached hydrogen (secondary N) is 1. The van der Waals surface area contributed by atoms with Gasteiger partial charge in [0.25, 0.3) is 0 Å². The van der Waals surface area contributed by atoms with E-state index in [1.807, 2.05) is 0 Å². The zero-order chi connectivity index (χ0) is 14.1. The minimum atomic E-state index is -3.50. The van der Waals surface area contributed by atoms with Gasteiger partial charge in [-0.15, -0.1) is 0 Å². The first-order valence-electron chi connectivity index (χ1n) is 6.40. The second kappa shape index (κ2) is 8.26. The van der Waals surface area contributed by atoms with E-state index in [2.05, 4.69) is 16.7 Å². The molecule has 0 bridgehead atoms. The Balaban J connectivity index is 2.38. The van der Waals surface area contributed by atoms with E-state index in [-0.39, 0.29) is 11.4 Å². The van der Waals surface area contributed by atoms with Gasteiger partial charge in [-0.1, -0.05) is 13.3 Å². The second-order valence-corrected chi connectivity index (χ2v) is 5.86.